The molecule has 1 fully saturated rings. The topological polar surface area (TPSA) is 45.5 Å². The van der Waals surface area contributed by atoms with E-state index in [-0.39, 0.29) is 0 Å². The Kier molecular flexibility index (Phi) is 3.04. The molecule has 0 atom stereocenters. The Labute approximate surface area is 72.7 Å². The van der Waals surface area contributed by atoms with Crippen molar-refractivity contribution in [2.75, 3.05) is 33.9 Å². The molecule has 0 aromatic carbocycles. The highest BCUT2D eigenvalue weighted by atomic mass is 16.7. The van der Waals surface area contributed by atoms with Gasteiger partial charge in [0.05, 0.1) is 19.2 Å². The van der Waals surface area contributed by atoms with Crippen LogP contribution in [0.4, 0.5) is 0 Å². The molecule has 0 spiro atoms. The fourth-order valence-corrected chi connectivity index (χ4v) is 1.34. The van der Waals surface area contributed by atoms with Crippen LogP contribution in [-0.2, 0) is 9.47 Å². The highest BCUT2D eigenvalue weighted by Gasteiger charge is 2.43. The summed E-state index contributed by atoms with van der Waals surface area (Å²) in [4.78, 5) is 2.14. The van der Waals surface area contributed by atoms with Crippen LogP contribution in [0.3, 0.4) is 0 Å². The summed E-state index contributed by atoms with van der Waals surface area (Å²) in [6, 6.07) is 2.11. The average Bonchev–Trinajstić information content (AvgIpc) is 2.04. The summed E-state index contributed by atoms with van der Waals surface area (Å²) in [5, 5.41) is 8.34. The Balaban J connectivity index is 2.22. The van der Waals surface area contributed by atoms with E-state index in [9.17, 15) is 0 Å². The molecule has 0 unspecified atom stereocenters. The second kappa shape index (κ2) is 3.85. The van der Waals surface area contributed by atoms with Crippen molar-refractivity contribution in [1.82, 2.24) is 4.90 Å². The van der Waals surface area contributed by atoms with E-state index >= 15 is 0 Å². The molecule has 1 saturated heterocycles. The number of hydrogen-bond donors (Lipinski definition) is 0. The number of likely N-dealkylation sites (tertiary alicyclic amines) is 1. The van der Waals surface area contributed by atoms with Crippen molar-refractivity contribution in [3.05, 3.63) is 0 Å². The summed E-state index contributed by atoms with van der Waals surface area (Å²) < 4.78 is 10.4. The van der Waals surface area contributed by atoms with Crippen LogP contribution in [0.5, 0.6) is 0 Å². The Morgan fingerprint density at radius 2 is 2.00 bits per heavy atom. The van der Waals surface area contributed by atoms with Crippen molar-refractivity contribution in [3.8, 4) is 6.07 Å². The van der Waals surface area contributed by atoms with Gasteiger partial charge in [-0.05, 0) is 0 Å². The molecule has 0 radical (unpaired) electrons. The normalized spacial score (nSPS) is 21.4. The second-order valence-corrected chi connectivity index (χ2v) is 2.94. The largest absolute Gasteiger partial charge is 0.351 e. The number of nitriles is 1. The minimum atomic E-state index is -0.407. The van der Waals surface area contributed by atoms with Crippen LogP contribution < -0.4 is 0 Å². The summed E-state index contributed by atoms with van der Waals surface area (Å²) in [5.74, 6) is -0.407. The average molecular weight is 170 g/mol. The first kappa shape index (κ1) is 9.46. The van der Waals surface area contributed by atoms with Gasteiger partial charge in [0.25, 0.3) is 0 Å². The number of rotatable bonds is 4. The number of hydrogen-bond acceptors (Lipinski definition) is 4. The molecular weight excluding hydrogens is 156 g/mol. The zero-order chi connectivity index (χ0) is 9.03. The molecule has 1 aliphatic rings. The van der Waals surface area contributed by atoms with E-state index in [0.717, 1.165) is 19.6 Å². The number of ether oxygens (including phenoxy) is 2. The first-order valence-corrected chi connectivity index (χ1v) is 3.96. The van der Waals surface area contributed by atoms with Gasteiger partial charge >= 0.3 is 0 Å². The zero-order valence-electron chi connectivity index (χ0n) is 7.54. The Bertz CT molecular complexity index is 176. The van der Waals surface area contributed by atoms with E-state index in [4.69, 9.17) is 14.7 Å². The van der Waals surface area contributed by atoms with Crippen LogP contribution >= 0.6 is 0 Å². The third kappa shape index (κ3) is 1.75. The minimum Gasteiger partial charge on any atom is -0.351 e. The van der Waals surface area contributed by atoms with E-state index < -0.39 is 5.79 Å². The van der Waals surface area contributed by atoms with Crippen LogP contribution in [0, 0.1) is 11.3 Å². The first-order valence-electron chi connectivity index (χ1n) is 3.96. The fraction of sp³-hybridized carbons (Fsp3) is 0.875. The monoisotopic (exact) mass is 170 g/mol. The van der Waals surface area contributed by atoms with E-state index in [0.29, 0.717) is 6.42 Å². The SMILES string of the molecule is COC1(OC)CN(CCC#N)C1. The number of methoxy groups -OCH3 is 2. The Hall–Kier alpha value is -0.630. The molecule has 0 aromatic heterocycles. The highest BCUT2D eigenvalue weighted by molar-refractivity contribution is 4.90. The van der Waals surface area contributed by atoms with Gasteiger partial charge in [-0.1, -0.05) is 0 Å². The van der Waals surface area contributed by atoms with E-state index in [1.165, 1.54) is 0 Å². The second-order valence-electron chi connectivity index (χ2n) is 2.94. The maximum Gasteiger partial charge on any atom is 0.193 e. The molecule has 4 heteroatoms. The third-order valence-electron chi connectivity index (χ3n) is 2.21. The van der Waals surface area contributed by atoms with Gasteiger partial charge < -0.3 is 9.47 Å². The van der Waals surface area contributed by atoms with Crippen molar-refractivity contribution in [2.24, 2.45) is 0 Å². The van der Waals surface area contributed by atoms with Crippen LogP contribution in [0.25, 0.3) is 0 Å². The molecule has 0 aliphatic carbocycles. The lowest BCUT2D eigenvalue weighted by atomic mass is 10.1. The molecule has 0 bridgehead atoms. The van der Waals surface area contributed by atoms with Crippen molar-refractivity contribution < 1.29 is 9.47 Å². The summed E-state index contributed by atoms with van der Waals surface area (Å²) in [6.07, 6.45) is 0.573. The number of nitrogens with zero attached hydrogens (tertiary/aromatic N) is 2. The predicted molar refractivity (Wildman–Crippen MR) is 43.4 cm³/mol. The van der Waals surface area contributed by atoms with Crippen molar-refractivity contribution in [1.29, 1.82) is 5.26 Å². The van der Waals surface area contributed by atoms with Gasteiger partial charge in [-0.15, -0.1) is 0 Å². The van der Waals surface area contributed by atoms with Gasteiger partial charge in [0.1, 0.15) is 0 Å². The smallest absolute Gasteiger partial charge is 0.193 e. The van der Waals surface area contributed by atoms with Crippen molar-refractivity contribution in [3.63, 3.8) is 0 Å². The van der Waals surface area contributed by atoms with Crippen LogP contribution in [0.15, 0.2) is 0 Å². The molecule has 1 aliphatic heterocycles. The van der Waals surface area contributed by atoms with Crippen molar-refractivity contribution >= 4 is 0 Å². The van der Waals surface area contributed by atoms with E-state index in [2.05, 4.69) is 11.0 Å². The summed E-state index contributed by atoms with van der Waals surface area (Å²) in [7, 11) is 3.29. The lowest BCUT2D eigenvalue weighted by molar-refractivity contribution is -0.274. The fourth-order valence-electron chi connectivity index (χ4n) is 1.34. The Morgan fingerprint density at radius 3 is 2.42 bits per heavy atom. The minimum absolute atomic E-state index is 0.407. The maximum atomic E-state index is 8.34. The van der Waals surface area contributed by atoms with Gasteiger partial charge in [0.2, 0.25) is 0 Å². The third-order valence-corrected chi connectivity index (χ3v) is 2.21. The van der Waals surface area contributed by atoms with Gasteiger partial charge in [0, 0.05) is 27.2 Å². The molecule has 1 heterocycles. The lowest BCUT2D eigenvalue weighted by Gasteiger charge is -2.47. The molecular formula is C8H14N2O2. The lowest BCUT2D eigenvalue weighted by Crippen LogP contribution is -2.63. The summed E-state index contributed by atoms with van der Waals surface area (Å²) in [6.45, 7) is 2.34. The zero-order valence-corrected chi connectivity index (χ0v) is 7.54. The van der Waals surface area contributed by atoms with E-state index in [1.807, 2.05) is 0 Å². The van der Waals surface area contributed by atoms with Crippen molar-refractivity contribution in [2.45, 2.75) is 12.2 Å². The highest BCUT2D eigenvalue weighted by Crippen LogP contribution is 2.24. The predicted octanol–water partition coefficient (Wildman–Crippen LogP) is 0.205. The molecule has 0 amide bonds. The summed E-state index contributed by atoms with van der Waals surface area (Å²) in [5.41, 5.74) is 0. The molecule has 1 rings (SSSR count). The summed E-state index contributed by atoms with van der Waals surface area (Å²) >= 11 is 0. The molecule has 68 valence electrons. The molecule has 12 heavy (non-hydrogen) atoms. The van der Waals surface area contributed by atoms with Gasteiger partial charge in [-0.3, -0.25) is 4.90 Å². The first-order chi connectivity index (χ1) is 5.76. The maximum absolute atomic E-state index is 8.34. The van der Waals surface area contributed by atoms with E-state index in [1.54, 1.807) is 14.2 Å². The standard InChI is InChI=1S/C8H14N2O2/c1-11-8(12-2)6-10(7-8)5-3-4-9/h3,5-7H2,1-2H3. The van der Waals surface area contributed by atoms with Gasteiger partial charge in [-0.25, -0.2) is 0 Å². The quantitative estimate of drug-likeness (QED) is 0.566. The Morgan fingerprint density at radius 1 is 1.42 bits per heavy atom. The molecule has 0 saturated carbocycles. The van der Waals surface area contributed by atoms with Gasteiger partial charge in [-0.2, -0.15) is 5.26 Å². The molecule has 0 N–H and O–H groups in total. The molecule has 0 aromatic rings. The van der Waals surface area contributed by atoms with Crippen LogP contribution in [0.1, 0.15) is 6.42 Å². The van der Waals surface area contributed by atoms with Crippen LogP contribution in [0.2, 0.25) is 0 Å². The van der Waals surface area contributed by atoms with Gasteiger partial charge in [0.15, 0.2) is 5.79 Å². The van der Waals surface area contributed by atoms with Crippen LogP contribution in [-0.4, -0.2) is 44.5 Å². The molecule has 4 nitrogen and oxygen atoms in total.